The number of rotatable bonds is 1. The van der Waals surface area contributed by atoms with Crippen molar-refractivity contribution in [3.8, 4) is 0 Å². The molecule has 1 aromatic carbocycles. The second-order valence-electron chi connectivity index (χ2n) is 7.33. The van der Waals surface area contributed by atoms with Crippen molar-refractivity contribution < 1.29 is 9.59 Å². The van der Waals surface area contributed by atoms with Crippen LogP contribution >= 0.6 is 11.6 Å². The summed E-state index contributed by atoms with van der Waals surface area (Å²) >= 11 is 5.88. The lowest BCUT2D eigenvalue weighted by Gasteiger charge is -2.45. The number of carbonyl (C=O) groups excluding carboxylic acids is 2. The summed E-state index contributed by atoms with van der Waals surface area (Å²) in [6.45, 7) is 3.09. The molecule has 1 aromatic heterocycles. The first-order valence-electron chi connectivity index (χ1n) is 9.03. The summed E-state index contributed by atoms with van der Waals surface area (Å²) in [6.07, 6.45) is 1.83. The monoisotopic (exact) mass is 387 g/mol. The van der Waals surface area contributed by atoms with E-state index in [4.69, 9.17) is 11.6 Å². The summed E-state index contributed by atoms with van der Waals surface area (Å²) in [7, 11) is 1.79. The van der Waals surface area contributed by atoms with Gasteiger partial charge in [0.15, 0.2) is 0 Å². The molecule has 0 unspecified atom stereocenters. The van der Waals surface area contributed by atoms with Gasteiger partial charge in [-0.2, -0.15) is 5.10 Å². The van der Waals surface area contributed by atoms with Gasteiger partial charge in [0.05, 0.1) is 17.7 Å². The lowest BCUT2D eigenvalue weighted by Crippen LogP contribution is -2.54. The average molecular weight is 388 g/mol. The van der Waals surface area contributed by atoms with Crippen LogP contribution in [-0.2, 0) is 10.3 Å². The van der Waals surface area contributed by atoms with Crippen molar-refractivity contribution >= 4 is 35.0 Å². The summed E-state index contributed by atoms with van der Waals surface area (Å²) in [5, 5.41) is 8.18. The number of amides is 3. The minimum absolute atomic E-state index is 0.0986. The normalized spacial score (nSPS) is 18.6. The number of likely N-dealkylation sites (tertiary alicyclic amines) is 1. The van der Waals surface area contributed by atoms with Gasteiger partial charge < -0.3 is 15.1 Å². The fraction of sp³-hybridized carbons (Fsp3) is 0.421. The zero-order chi connectivity index (χ0) is 19.2. The molecule has 1 fully saturated rings. The molecule has 2 aromatic rings. The molecular formula is C19H22ClN5O2. The zero-order valence-corrected chi connectivity index (χ0v) is 16.2. The SMILES string of the molecule is Cc1cc2n(n1)C1(CCN(C(=O)Nc3ccc(Cl)cc3)CC1)CC(=O)N2C. The average Bonchev–Trinajstić information content (AvgIpc) is 3.05. The van der Waals surface area contributed by atoms with Crippen molar-refractivity contribution in [2.24, 2.45) is 0 Å². The van der Waals surface area contributed by atoms with Crippen LogP contribution in [-0.4, -0.2) is 46.8 Å². The molecule has 0 saturated carbocycles. The van der Waals surface area contributed by atoms with Crippen LogP contribution in [0.15, 0.2) is 30.3 Å². The summed E-state index contributed by atoms with van der Waals surface area (Å²) in [5.74, 6) is 0.935. The van der Waals surface area contributed by atoms with E-state index >= 15 is 0 Å². The molecule has 4 rings (SSSR count). The fourth-order valence-electron chi connectivity index (χ4n) is 3.93. The number of piperidine rings is 1. The molecular weight excluding hydrogens is 366 g/mol. The lowest BCUT2D eigenvalue weighted by molar-refractivity contribution is -0.122. The number of nitrogens with one attached hydrogen (secondary N) is 1. The number of anilines is 2. The fourth-order valence-corrected chi connectivity index (χ4v) is 4.05. The van der Waals surface area contributed by atoms with Crippen LogP contribution in [0.1, 0.15) is 25.0 Å². The molecule has 3 amide bonds. The van der Waals surface area contributed by atoms with E-state index in [0.29, 0.717) is 43.1 Å². The Kier molecular flexibility index (Phi) is 4.34. The Bertz CT molecular complexity index is 884. The zero-order valence-electron chi connectivity index (χ0n) is 15.4. The van der Waals surface area contributed by atoms with Gasteiger partial charge in [0, 0.05) is 36.9 Å². The molecule has 2 aliphatic rings. The van der Waals surface area contributed by atoms with Crippen LogP contribution in [0, 0.1) is 6.92 Å². The molecule has 8 heteroatoms. The summed E-state index contributed by atoms with van der Waals surface area (Å²) in [4.78, 5) is 28.5. The van der Waals surface area contributed by atoms with Crippen molar-refractivity contribution in [1.82, 2.24) is 14.7 Å². The third-order valence-corrected chi connectivity index (χ3v) is 5.79. The van der Waals surface area contributed by atoms with Gasteiger partial charge in [-0.15, -0.1) is 0 Å². The highest BCUT2D eigenvalue weighted by Crippen LogP contribution is 2.40. The molecule has 0 aliphatic carbocycles. The number of benzene rings is 1. The molecule has 142 valence electrons. The standard InChI is InChI=1S/C19H22ClN5O2/c1-13-11-16-23(2)17(26)12-19(25(16)22-13)7-9-24(10-8-19)18(27)21-15-5-3-14(20)4-6-15/h3-6,11H,7-10,12H2,1-2H3,(H,21,27). The number of carbonyl (C=O) groups is 2. The van der Waals surface area contributed by atoms with Gasteiger partial charge >= 0.3 is 6.03 Å². The van der Waals surface area contributed by atoms with E-state index in [0.717, 1.165) is 11.5 Å². The quantitative estimate of drug-likeness (QED) is 0.816. The summed E-state index contributed by atoms with van der Waals surface area (Å²) in [5.41, 5.74) is 1.27. The largest absolute Gasteiger partial charge is 0.324 e. The predicted molar refractivity (Wildman–Crippen MR) is 104 cm³/mol. The predicted octanol–water partition coefficient (Wildman–Crippen LogP) is 3.23. The molecule has 0 bridgehead atoms. The van der Waals surface area contributed by atoms with Crippen LogP contribution in [0.3, 0.4) is 0 Å². The first-order valence-corrected chi connectivity index (χ1v) is 9.41. The Morgan fingerprint density at radius 3 is 2.56 bits per heavy atom. The van der Waals surface area contributed by atoms with Crippen LogP contribution < -0.4 is 10.2 Å². The number of hydrogen-bond donors (Lipinski definition) is 1. The van der Waals surface area contributed by atoms with E-state index in [9.17, 15) is 9.59 Å². The van der Waals surface area contributed by atoms with Crippen LogP contribution in [0.25, 0.3) is 0 Å². The van der Waals surface area contributed by atoms with E-state index in [2.05, 4.69) is 10.4 Å². The number of aryl methyl sites for hydroxylation is 1. The maximum Gasteiger partial charge on any atom is 0.321 e. The number of hydrogen-bond acceptors (Lipinski definition) is 3. The van der Waals surface area contributed by atoms with Gasteiger partial charge in [0.2, 0.25) is 5.91 Å². The first-order chi connectivity index (χ1) is 12.9. The van der Waals surface area contributed by atoms with Crippen molar-refractivity contribution in [2.45, 2.75) is 31.7 Å². The van der Waals surface area contributed by atoms with Gasteiger partial charge in [0.1, 0.15) is 5.82 Å². The van der Waals surface area contributed by atoms with Crippen molar-refractivity contribution in [3.63, 3.8) is 0 Å². The number of nitrogens with zero attached hydrogens (tertiary/aromatic N) is 4. The number of urea groups is 1. The Morgan fingerprint density at radius 1 is 1.22 bits per heavy atom. The molecule has 2 aliphatic heterocycles. The molecule has 0 atom stereocenters. The maximum atomic E-state index is 12.6. The number of fused-ring (bicyclic) bond motifs is 2. The smallest absolute Gasteiger partial charge is 0.321 e. The lowest BCUT2D eigenvalue weighted by atomic mass is 9.83. The second kappa shape index (κ2) is 6.56. The number of halogens is 1. The highest BCUT2D eigenvalue weighted by atomic mass is 35.5. The van der Waals surface area contributed by atoms with E-state index in [1.165, 1.54) is 0 Å². The van der Waals surface area contributed by atoms with Crippen LogP contribution in [0.4, 0.5) is 16.3 Å². The van der Waals surface area contributed by atoms with E-state index in [1.807, 2.05) is 17.7 Å². The topological polar surface area (TPSA) is 70.5 Å². The van der Waals surface area contributed by atoms with Gasteiger partial charge in [-0.3, -0.25) is 4.79 Å². The van der Waals surface area contributed by atoms with Crippen molar-refractivity contribution in [3.05, 3.63) is 41.0 Å². The summed E-state index contributed by atoms with van der Waals surface area (Å²) < 4.78 is 2.00. The molecule has 7 nitrogen and oxygen atoms in total. The molecule has 0 radical (unpaired) electrons. The molecule has 3 heterocycles. The van der Waals surface area contributed by atoms with E-state index < -0.39 is 0 Å². The van der Waals surface area contributed by atoms with Crippen molar-refractivity contribution in [1.29, 1.82) is 0 Å². The van der Waals surface area contributed by atoms with Gasteiger partial charge in [0.25, 0.3) is 0 Å². The highest BCUT2D eigenvalue weighted by molar-refractivity contribution is 6.30. The molecule has 27 heavy (non-hydrogen) atoms. The maximum absolute atomic E-state index is 12.6. The molecule has 1 saturated heterocycles. The Hall–Kier alpha value is -2.54. The second-order valence-corrected chi connectivity index (χ2v) is 7.77. The highest BCUT2D eigenvalue weighted by Gasteiger charge is 2.45. The molecule has 1 spiro atoms. The van der Waals surface area contributed by atoms with E-state index in [-0.39, 0.29) is 17.5 Å². The Balaban J connectivity index is 1.48. The van der Waals surface area contributed by atoms with Crippen LogP contribution in [0.5, 0.6) is 0 Å². The first kappa shape index (κ1) is 17.9. The Morgan fingerprint density at radius 2 is 1.89 bits per heavy atom. The van der Waals surface area contributed by atoms with E-state index in [1.54, 1.807) is 41.1 Å². The minimum atomic E-state index is -0.343. The Labute approximate surface area is 162 Å². The molecule has 1 N–H and O–H groups in total. The number of aromatic nitrogens is 2. The third kappa shape index (κ3) is 3.16. The summed E-state index contributed by atoms with van der Waals surface area (Å²) in [6, 6.07) is 8.85. The van der Waals surface area contributed by atoms with Gasteiger partial charge in [-0.1, -0.05) is 11.6 Å². The third-order valence-electron chi connectivity index (χ3n) is 5.54. The minimum Gasteiger partial charge on any atom is -0.324 e. The van der Waals surface area contributed by atoms with Gasteiger partial charge in [-0.05, 0) is 44.0 Å². The van der Waals surface area contributed by atoms with Gasteiger partial charge in [-0.25, -0.2) is 9.48 Å². The van der Waals surface area contributed by atoms with Crippen LogP contribution in [0.2, 0.25) is 5.02 Å². The van der Waals surface area contributed by atoms with Crippen molar-refractivity contribution in [2.75, 3.05) is 30.4 Å².